The average Bonchev–Trinajstić information content (AvgIpc) is 2.63. The highest BCUT2D eigenvalue weighted by atomic mass is 19.1. The molecule has 2 heterocycles. The van der Waals surface area contributed by atoms with E-state index in [4.69, 9.17) is 0 Å². The van der Waals surface area contributed by atoms with Gasteiger partial charge in [0.1, 0.15) is 11.6 Å². The van der Waals surface area contributed by atoms with E-state index in [1.165, 1.54) is 6.07 Å². The molecule has 1 aliphatic rings. The van der Waals surface area contributed by atoms with Crippen LogP contribution in [0.5, 0.6) is 0 Å². The zero-order valence-electron chi connectivity index (χ0n) is 15.0. The molecule has 5 heteroatoms. The molecule has 4 nitrogen and oxygen atoms in total. The van der Waals surface area contributed by atoms with Crippen molar-refractivity contribution in [2.45, 2.75) is 33.2 Å². The topological polar surface area (TPSA) is 36.4 Å². The number of pyridine rings is 1. The van der Waals surface area contributed by atoms with Crippen molar-refractivity contribution in [1.82, 2.24) is 9.88 Å². The van der Waals surface area contributed by atoms with Crippen LogP contribution in [0.15, 0.2) is 36.5 Å². The lowest BCUT2D eigenvalue weighted by atomic mass is 9.93. The third-order valence-electron chi connectivity index (χ3n) is 4.99. The van der Waals surface area contributed by atoms with Crippen LogP contribution in [0.3, 0.4) is 0 Å². The number of hydrogen-bond acceptors (Lipinski definition) is 3. The van der Waals surface area contributed by atoms with Crippen molar-refractivity contribution in [1.29, 1.82) is 0 Å². The second kappa shape index (κ2) is 7.21. The van der Waals surface area contributed by atoms with Gasteiger partial charge in [0.05, 0.1) is 11.6 Å². The number of carbonyl (C=O) groups excluding carboxylic acids is 1. The second-order valence-electron chi connectivity index (χ2n) is 6.35. The fourth-order valence-corrected chi connectivity index (χ4v) is 3.48. The van der Waals surface area contributed by atoms with Crippen molar-refractivity contribution in [3.63, 3.8) is 0 Å². The van der Waals surface area contributed by atoms with Crippen LogP contribution in [0.2, 0.25) is 0 Å². The van der Waals surface area contributed by atoms with Crippen molar-refractivity contribution in [3.8, 4) is 0 Å². The van der Waals surface area contributed by atoms with Gasteiger partial charge in [0.25, 0.3) is 5.91 Å². The maximum Gasteiger partial charge on any atom is 0.255 e. The molecule has 0 spiro atoms. The number of nitrogens with zero attached hydrogens (tertiary/aromatic N) is 3. The molecule has 132 valence electrons. The van der Waals surface area contributed by atoms with Gasteiger partial charge in [0.15, 0.2) is 0 Å². The maximum atomic E-state index is 13.6. The number of halogens is 1. The minimum absolute atomic E-state index is 0.0546. The van der Waals surface area contributed by atoms with E-state index in [9.17, 15) is 9.18 Å². The summed E-state index contributed by atoms with van der Waals surface area (Å²) in [6.07, 6.45) is 2.39. The summed E-state index contributed by atoms with van der Waals surface area (Å²) in [5.41, 5.74) is 2.59. The van der Waals surface area contributed by atoms with E-state index in [1.807, 2.05) is 25.1 Å². The predicted octanol–water partition coefficient (Wildman–Crippen LogP) is 3.83. The minimum atomic E-state index is -0.259. The normalized spacial score (nSPS) is 16.5. The summed E-state index contributed by atoms with van der Waals surface area (Å²) in [6.45, 7) is 8.50. The van der Waals surface area contributed by atoms with Crippen molar-refractivity contribution >= 4 is 11.7 Å². The Hall–Kier alpha value is -2.43. The number of benzene rings is 1. The monoisotopic (exact) mass is 341 g/mol. The van der Waals surface area contributed by atoms with Crippen LogP contribution in [-0.4, -0.2) is 35.4 Å². The fourth-order valence-electron chi connectivity index (χ4n) is 3.48. The van der Waals surface area contributed by atoms with Crippen molar-refractivity contribution in [2.75, 3.05) is 24.5 Å². The van der Waals surface area contributed by atoms with Gasteiger partial charge in [0.2, 0.25) is 0 Å². The Bertz CT molecular complexity index is 756. The highest BCUT2D eigenvalue weighted by Gasteiger charge is 2.28. The van der Waals surface area contributed by atoms with Gasteiger partial charge >= 0.3 is 0 Å². The molecule has 25 heavy (non-hydrogen) atoms. The molecule has 0 saturated carbocycles. The average molecular weight is 341 g/mol. The van der Waals surface area contributed by atoms with E-state index < -0.39 is 0 Å². The smallest absolute Gasteiger partial charge is 0.255 e. The highest BCUT2D eigenvalue weighted by Crippen LogP contribution is 2.31. The number of carbonyl (C=O) groups is 1. The van der Waals surface area contributed by atoms with Crippen LogP contribution in [0, 0.1) is 5.82 Å². The van der Waals surface area contributed by atoms with E-state index in [0.717, 1.165) is 36.5 Å². The Kier molecular flexibility index (Phi) is 5.02. The largest absolute Gasteiger partial charge is 0.357 e. The van der Waals surface area contributed by atoms with Crippen LogP contribution in [0.1, 0.15) is 48.3 Å². The van der Waals surface area contributed by atoms with Crippen molar-refractivity contribution in [3.05, 3.63) is 59.0 Å². The number of rotatable bonds is 4. The number of hydrogen-bond donors (Lipinski definition) is 0. The summed E-state index contributed by atoms with van der Waals surface area (Å²) in [4.78, 5) is 21.3. The molecule has 1 amide bonds. The molecule has 1 atom stereocenters. The molecule has 1 aliphatic heterocycles. The highest BCUT2D eigenvalue weighted by molar-refractivity contribution is 5.94. The number of amides is 1. The Balaban J connectivity index is 1.81. The summed E-state index contributed by atoms with van der Waals surface area (Å²) < 4.78 is 13.6. The van der Waals surface area contributed by atoms with Gasteiger partial charge < -0.3 is 9.80 Å². The first-order chi connectivity index (χ1) is 12.0. The molecule has 3 rings (SSSR count). The maximum absolute atomic E-state index is 13.6. The lowest BCUT2D eigenvalue weighted by Crippen LogP contribution is -2.39. The van der Waals surface area contributed by atoms with E-state index in [-0.39, 0.29) is 17.8 Å². The van der Waals surface area contributed by atoms with Crippen LogP contribution in [0.4, 0.5) is 10.2 Å². The Morgan fingerprint density at radius 3 is 2.68 bits per heavy atom. The van der Waals surface area contributed by atoms with Crippen LogP contribution in [0.25, 0.3) is 0 Å². The second-order valence-corrected chi connectivity index (χ2v) is 6.35. The molecule has 0 aliphatic carbocycles. The first-order valence-corrected chi connectivity index (χ1v) is 8.85. The summed E-state index contributed by atoms with van der Waals surface area (Å²) in [6, 6.07) is 8.43. The van der Waals surface area contributed by atoms with Crippen molar-refractivity contribution < 1.29 is 9.18 Å². The number of fused-ring (bicyclic) bond motifs is 1. The Morgan fingerprint density at radius 1 is 1.28 bits per heavy atom. The summed E-state index contributed by atoms with van der Waals surface area (Å²) >= 11 is 0. The molecule has 0 N–H and O–H groups in total. The van der Waals surface area contributed by atoms with E-state index in [0.29, 0.717) is 12.1 Å². The third kappa shape index (κ3) is 3.36. The zero-order chi connectivity index (χ0) is 18.0. The SMILES string of the molecule is CCN(CC)c1ccc(C(=O)N2CCc3ccc(F)cc3C2C)cn1. The van der Waals surface area contributed by atoms with Gasteiger partial charge in [-0.2, -0.15) is 0 Å². The lowest BCUT2D eigenvalue weighted by molar-refractivity contribution is 0.0677. The molecular formula is C20H24FN3O. The molecule has 2 aromatic rings. The van der Waals surface area contributed by atoms with E-state index >= 15 is 0 Å². The quantitative estimate of drug-likeness (QED) is 0.848. The number of anilines is 1. The van der Waals surface area contributed by atoms with Gasteiger partial charge in [-0.15, -0.1) is 0 Å². The molecule has 0 radical (unpaired) electrons. The van der Waals surface area contributed by atoms with Crippen molar-refractivity contribution in [2.24, 2.45) is 0 Å². The third-order valence-corrected chi connectivity index (χ3v) is 4.99. The van der Waals surface area contributed by atoms with Gasteiger partial charge in [-0.1, -0.05) is 6.07 Å². The molecule has 0 fully saturated rings. The van der Waals surface area contributed by atoms with Gasteiger partial charge in [-0.25, -0.2) is 9.37 Å². The van der Waals surface area contributed by atoms with Crippen LogP contribution in [-0.2, 0) is 6.42 Å². The number of aromatic nitrogens is 1. The standard InChI is InChI=1S/C20H24FN3O/c1-4-23(5-2)19-9-7-16(13-22-19)20(25)24-11-10-15-6-8-17(21)12-18(15)14(24)3/h6-9,12-14H,4-5,10-11H2,1-3H3. The molecule has 0 bridgehead atoms. The molecule has 1 unspecified atom stereocenters. The summed E-state index contributed by atoms with van der Waals surface area (Å²) in [7, 11) is 0. The summed E-state index contributed by atoms with van der Waals surface area (Å²) in [5, 5.41) is 0. The minimum Gasteiger partial charge on any atom is -0.357 e. The predicted molar refractivity (Wildman–Crippen MR) is 97.4 cm³/mol. The van der Waals surface area contributed by atoms with E-state index in [1.54, 1.807) is 17.2 Å². The molecule has 0 saturated heterocycles. The van der Waals surface area contributed by atoms with E-state index in [2.05, 4.69) is 23.7 Å². The van der Waals surface area contributed by atoms with Gasteiger partial charge in [-0.3, -0.25) is 4.79 Å². The molecule has 1 aromatic heterocycles. The van der Waals surface area contributed by atoms with Crippen LogP contribution >= 0.6 is 0 Å². The Morgan fingerprint density at radius 2 is 2.04 bits per heavy atom. The first-order valence-electron chi connectivity index (χ1n) is 8.85. The van der Waals surface area contributed by atoms with Crippen LogP contribution < -0.4 is 4.90 Å². The molecule has 1 aromatic carbocycles. The lowest BCUT2D eigenvalue weighted by Gasteiger charge is -2.35. The van der Waals surface area contributed by atoms with Gasteiger partial charge in [0, 0.05) is 25.8 Å². The Labute approximate surface area is 148 Å². The first kappa shape index (κ1) is 17.4. The zero-order valence-corrected chi connectivity index (χ0v) is 15.0. The summed E-state index contributed by atoms with van der Waals surface area (Å²) in [5.74, 6) is 0.562. The molecular weight excluding hydrogens is 317 g/mol. The van der Waals surface area contributed by atoms with Gasteiger partial charge in [-0.05, 0) is 62.6 Å². The fraction of sp³-hybridized carbons (Fsp3) is 0.400.